The van der Waals surface area contributed by atoms with Crippen molar-refractivity contribution in [3.05, 3.63) is 83.9 Å². The summed E-state index contributed by atoms with van der Waals surface area (Å²) < 4.78 is 27.9. The number of benzene rings is 3. The number of hydrogen-bond acceptors (Lipinski definition) is 6. The average molecular weight is 504 g/mol. The lowest BCUT2D eigenvalue weighted by molar-refractivity contribution is -0.138. The van der Waals surface area contributed by atoms with E-state index < -0.39 is 22.0 Å². The lowest BCUT2D eigenvalue weighted by Crippen LogP contribution is -2.42. The van der Waals surface area contributed by atoms with Gasteiger partial charge < -0.3 is 5.11 Å². The molecule has 0 saturated heterocycles. The molecular weight excluding hydrogens is 478 g/mol. The minimum Gasteiger partial charge on any atom is -0.480 e. The largest absolute Gasteiger partial charge is 0.480 e. The van der Waals surface area contributed by atoms with E-state index in [1.54, 1.807) is 36.4 Å². The highest BCUT2D eigenvalue weighted by molar-refractivity contribution is 7.93. The highest BCUT2D eigenvalue weighted by Crippen LogP contribution is 2.37. The van der Waals surface area contributed by atoms with Crippen LogP contribution in [-0.4, -0.2) is 45.7 Å². The minimum atomic E-state index is -4.11. The van der Waals surface area contributed by atoms with Crippen LogP contribution in [0.4, 0.5) is 5.69 Å². The van der Waals surface area contributed by atoms with E-state index in [2.05, 4.69) is 34.5 Å². The van der Waals surface area contributed by atoms with Crippen molar-refractivity contribution in [2.45, 2.75) is 43.5 Å². The number of hydrogen-bond donors (Lipinski definition) is 1. The van der Waals surface area contributed by atoms with Crippen LogP contribution in [0.3, 0.4) is 0 Å². The number of aromatic nitrogens is 4. The lowest BCUT2D eigenvalue weighted by Gasteiger charge is -2.24. The average Bonchev–Trinajstić information content (AvgIpc) is 3.54. The van der Waals surface area contributed by atoms with Crippen LogP contribution in [0.5, 0.6) is 0 Å². The normalized spacial score (nSPS) is 15.1. The minimum absolute atomic E-state index is 0.0165. The first-order valence-electron chi connectivity index (χ1n) is 11.7. The molecule has 0 fully saturated rings. The molecule has 0 saturated carbocycles. The summed E-state index contributed by atoms with van der Waals surface area (Å²) in [5, 5.41) is 22.3. The van der Waals surface area contributed by atoms with Crippen molar-refractivity contribution in [1.29, 1.82) is 0 Å². The summed E-state index contributed by atoms with van der Waals surface area (Å²) in [6, 6.07) is 19.7. The second-order valence-electron chi connectivity index (χ2n) is 8.68. The maximum atomic E-state index is 13.5. The van der Waals surface area contributed by atoms with E-state index >= 15 is 0 Å². The van der Waals surface area contributed by atoms with Gasteiger partial charge in [-0.3, -0.25) is 4.31 Å². The van der Waals surface area contributed by atoms with Crippen LogP contribution >= 0.6 is 0 Å². The summed E-state index contributed by atoms with van der Waals surface area (Å²) in [7, 11) is -4.11. The van der Waals surface area contributed by atoms with Gasteiger partial charge in [0.2, 0.25) is 5.82 Å². The van der Waals surface area contributed by atoms with Crippen LogP contribution in [0, 0.1) is 0 Å². The highest BCUT2D eigenvalue weighted by atomic mass is 32.2. The van der Waals surface area contributed by atoms with Gasteiger partial charge in [0.05, 0.1) is 16.3 Å². The molecule has 36 heavy (non-hydrogen) atoms. The molecule has 1 aromatic heterocycles. The number of fused-ring (bicyclic) bond motifs is 1. The summed E-state index contributed by atoms with van der Waals surface area (Å²) >= 11 is 0. The van der Waals surface area contributed by atoms with Crippen molar-refractivity contribution in [2.75, 3.05) is 4.31 Å². The van der Waals surface area contributed by atoms with Gasteiger partial charge >= 0.3 is 5.97 Å². The number of carboxylic acid groups (broad SMARTS) is 1. The molecule has 1 N–H and O–H groups in total. The molecule has 2 heterocycles. The van der Waals surface area contributed by atoms with Gasteiger partial charge in [-0.05, 0) is 59.5 Å². The quantitative estimate of drug-likeness (QED) is 0.388. The van der Waals surface area contributed by atoms with Crippen molar-refractivity contribution >= 4 is 21.7 Å². The van der Waals surface area contributed by atoms with Crippen LogP contribution in [0.25, 0.3) is 17.1 Å². The molecule has 1 aliphatic rings. The van der Waals surface area contributed by atoms with Crippen molar-refractivity contribution < 1.29 is 18.3 Å². The molecular formula is C26H25N5O4S. The highest BCUT2D eigenvalue weighted by Gasteiger charge is 2.42. The van der Waals surface area contributed by atoms with E-state index in [1.165, 1.54) is 22.5 Å². The summed E-state index contributed by atoms with van der Waals surface area (Å²) in [4.78, 5) is 13.2. The van der Waals surface area contributed by atoms with Crippen LogP contribution < -0.4 is 4.31 Å². The number of aryl methyl sites for hydroxylation is 1. The molecule has 0 spiro atoms. The molecule has 1 aliphatic heterocycles. The Morgan fingerprint density at radius 1 is 1.03 bits per heavy atom. The van der Waals surface area contributed by atoms with Gasteiger partial charge in [0.1, 0.15) is 6.04 Å². The van der Waals surface area contributed by atoms with E-state index in [0.717, 1.165) is 29.1 Å². The van der Waals surface area contributed by atoms with E-state index in [9.17, 15) is 18.3 Å². The number of anilines is 1. The van der Waals surface area contributed by atoms with Crippen LogP contribution in [0.15, 0.2) is 77.7 Å². The smallest absolute Gasteiger partial charge is 0.327 e. The van der Waals surface area contributed by atoms with E-state index in [0.29, 0.717) is 22.8 Å². The topological polar surface area (TPSA) is 118 Å². The molecule has 0 radical (unpaired) electrons. The molecule has 10 heteroatoms. The second-order valence-corrected chi connectivity index (χ2v) is 10.5. The first kappa shape index (κ1) is 23.7. The van der Waals surface area contributed by atoms with Crippen molar-refractivity contribution in [1.82, 2.24) is 20.2 Å². The Balaban J connectivity index is 1.39. The van der Waals surface area contributed by atoms with Crippen LogP contribution in [0.1, 0.15) is 30.9 Å². The predicted molar refractivity (Wildman–Crippen MR) is 134 cm³/mol. The molecule has 3 aromatic carbocycles. The van der Waals surface area contributed by atoms with Gasteiger partial charge in [0.25, 0.3) is 10.0 Å². The number of nitrogens with zero attached hydrogens (tertiary/aromatic N) is 5. The number of carboxylic acids is 1. The standard InChI is InChI=1S/C26H25N5O4S/c1-2-3-6-18-9-11-19(12-10-18)25-27-29-31(28-25)21-13-15-22(16-14-21)36(34,35)30-23-8-5-4-7-20(23)17-24(30)26(32)33/h4-5,7-16,24H,2-3,6,17H2,1H3,(H,32,33). The third-order valence-corrected chi connectivity index (χ3v) is 8.12. The fourth-order valence-corrected chi connectivity index (χ4v) is 5.99. The Kier molecular flexibility index (Phi) is 6.27. The third-order valence-electron chi connectivity index (χ3n) is 6.28. The maximum absolute atomic E-state index is 13.5. The van der Waals surface area contributed by atoms with Crippen LogP contribution in [0.2, 0.25) is 0 Å². The summed E-state index contributed by atoms with van der Waals surface area (Å²) in [6.07, 6.45) is 3.43. The van der Waals surface area contributed by atoms with Gasteiger partial charge in [-0.1, -0.05) is 55.8 Å². The van der Waals surface area contributed by atoms with Gasteiger partial charge in [-0.25, -0.2) is 13.2 Å². The van der Waals surface area contributed by atoms with Gasteiger partial charge in [0, 0.05) is 12.0 Å². The van der Waals surface area contributed by atoms with Crippen molar-refractivity contribution in [2.24, 2.45) is 0 Å². The van der Waals surface area contributed by atoms with E-state index in [1.807, 2.05) is 12.1 Å². The first-order chi connectivity index (χ1) is 17.4. The van der Waals surface area contributed by atoms with E-state index in [4.69, 9.17) is 0 Å². The SMILES string of the molecule is CCCCc1ccc(-c2nnn(-c3ccc(S(=O)(=O)N4c5ccccc5CC4C(=O)O)cc3)n2)cc1. The zero-order chi connectivity index (χ0) is 25.3. The fourth-order valence-electron chi connectivity index (χ4n) is 4.35. The molecule has 9 nitrogen and oxygen atoms in total. The zero-order valence-electron chi connectivity index (χ0n) is 19.7. The molecule has 0 amide bonds. The Morgan fingerprint density at radius 3 is 2.44 bits per heavy atom. The van der Waals surface area contributed by atoms with Crippen LogP contribution in [-0.2, 0) is 27.7 Å². The van der Waals surface area contributed by atoms with Gasteiger partial charge in [-0.2, -0.15) is 0 Å². The number of carbonyl (C=O) groups is 1. The van der Waals surface area contributed by atoms with E-state index in [-0.39, 0.29) is 11.3 Å². The number of rotatable bonds is 8. The molecule has 1 unspecified atom stereocenters. The molecule has 4 aromatic rings. The first-order valence-corrected chi connectivity index (χ1v) is 13.2. The number of para-hydroxylation sites is 1. The summed E-state index contributed by atoms with van der Waals surface area (Å²) in [6.45, 7) is 2.16. The van der Waals surface area contributed by atoms with Crippen molar-refractivity contribution in [3.63, 3.8) is 0 Å². The Morgan fingerprint density at radius 2 is 1.75 bits per heavy atom. The molecule has 0 bridgehead atoms. The summed E-state index contributed by atoms with van der Waals surface area (Å²) in [5.74, 6) is -0.726. The Hall–Kier alpha value is -4.05. The fraction of sp³-hybridized carbons (Fsp3) is 0.231. The second kappa shape index (κ2) is 9.54. The number of sulfonamides is 1. The number of unbranched alkanes of at least 4 members (excludes halogenated alkanes) is 1. The zero-order valence-corrected chi connectivity index (χ0v) is 20.5. The summed E-state index contributed by atoms with van der Waals surface area (Å²) in [5.41, 5.74) is 3.70. The Bertz CT molecular complexity index is 1500. The molecule has 0 aliphatic carbocycles. The maximum Gasteiger partial charge on any atom is 0.327 e. The van der Waals surface area contributed by atoms with Gasteiger partial charge in [0.15, 0.2) is 0 Å². The lowest BCUT2D eigenvalue weighted by atomic mass is 10.1. The monoisotopic (exact) mass is 503 g/mol. The number of aliphatic carboxylic acids is 1. The number of tetrazole rings is 1. The van der Waals surface area contributed by atoms with Crippen molar-refractivity contribution in [3.8, 4) is 17.1 Å². The molecule has 5 rings (SSSR count). The Labute approximate surface area is 209 Å². The molecule has 1 atom stereocenters. The predicted octanol–water partition coefficient (Wildman–Crippen LogP) is 3.88. The van der Waals surface area contributed by atoms with Gasteiger partial charge in [-0.15, -0.1) is 15.0 Å². The third kappa shape index (κ3) is 4.35. The molecule has 184 valence electrons.